The molecule has 73 heavy (non-hydrogen) atoms. The van der Waals surface area contributed by atoms with Gasteiger partial charge in [0.1, 0.15) is 40.1 Å². The molecule has 3 saturated heterocycles. The van der Waals surface area contributed by atoms with Crippen LogP contribution in [0.2, 0.25) is 0 Å². The Balaban J connectivity index is 0.856. The van der Waals surface area contributed by atoms with E-state index in [9.17, 15) is 27.7 Å². The number of hydrogen-bond acceptors (Lipinski definition) is 12. The third kappa shape index (κ3) is 10.6. The first-order chi connectivity index (χ1) is 35.1. The van der Waals surface area contributed by atoms with Crippen molar-refractivity contribution in [3.05, 3.63) is 147 Å². The van der Waals surface area contributed by atoms with E-state index in [0.29, 0.717) is 48.2 Å². The van der Waals surface area contributed by atoms with Crippen LogP contribution >= 0.6 is 0 Å². The van der Waals surface area contributed by atoms with E-state index in [1.807, 2.05) is 21.8 Å². The maximum atomic E-state index is 16.5. The number of sulfonamides is 1. The number of hydrogen-bond donors (Lipinski definition) is 3. The summed E-state index contributed by atoms with van der Waals surface area (Å²) in [6, 6.07) is 24.9. The molecular weight excluding hydrogens is 962 g/mol. The molecule has 2 aromatic heterocycles. The van der Waals surface area contributed by atoms with Crippen LogP contribution < -0.4 is 19.7 Å². The molecule has 4 aliphatic rings. The molecule has 3 aliphatic heterocycles. The molecule has 6 aromatic rings. The second-order valence-corrected chi connectivity index (χ2v) is 22.1. The number of nitro groups is 1. The van der Waals surface area contributed by atoms with Crippen LogP contribution in [0.25, 0.3) is 11.0 Å². The number of aromatic nitrogens is 2. The number of fused-ring (bicyclic) bond motifs is 1. The van der Waals surface area contributed by atoms with Crippen molar-refractivity contribution in [1.29, 1.82) is 0 Å². The topological polar surface area (TPSA) is 175 Å². The molecule has 3 N–H and O–H groups in total. The molecule has 0 unspecified atom stereocenters. The van der Waals surface area contributed by atoms with Gasteiger partial charge >= 0.3 is 0 Å². The van der Waals surface area contributed by atoms with Gasteiger partial charge in [0.25, 0.3) is 21.6 Å². The first kappa shape index (κ1) is 50.0. The summed E-state index contributed by atoms with van der Waals surface area (Å²) in [7, 11) is -4.79. The molecule has 1 aliphatic carbocycles. The summed E-state index contributed by atoms with van der Waals surface area (Å²) in [6.45, 7) is 8.63. The van der Waals surface area contributed by atoms with Crippen LogP contribution in [-0.4, -0.2) is 103 Å². The zero-order valence-corrected chi connectivity index (χ0v) is 41.6. The smallest absolute Gasteiger partial charge is 0.293 e. The Labute approximate surface area is 422 Å². The molecule has 1 amide bonds. The molecular formula is C54H59F3N8O7S. The number of ether oxygens (including phenoxy) is 2. The molecule has 5 heterocycles. The van der Waals surface area contributed by atoms with Crippen LogP contribution in [0.15, 0.2) is 108 Å². The summed E-state index contributed by atoms with van der Waals surface area (Å²) < 4.78 is 87.6. The van der Waals surface area contributed by atoms with E-state index in [0.717, 1.165) is 69.6 Å². The van der Waals surface area contributed by atoms with Gasteiger partial charge in [-0.15, -0.1) is 0 Å². The maximum absolute atomic E-state index is 16.5. The Morgan fingerprint density at radius 2 is 1.70 bits per heavy atom. The molecule has 4 aromatic carbocycles. The maximum Gasteiger partial charge on any atom is 0.293 e. The summed E-state index contributed by atoms with van der Waals surface area (Å²) in [5, 5.41) is 15.6. The Morgan fingerprint density at radius 3 is 2.45 bits per heavy atom. The Hall–Kier alpha value is -6.54. The number of anilines is 2. The lowest BCUT2D eigenvalue weighted by Crippen LogP contribution is -2.60. The number of aromatic amines is 1. The average molecular weight is 1020 g/mol. The summed E-state index contributed by atoms with van der Waals surface area (Å²) in [4.78, 5) is 39.1. The van der Waals surface area contributed by atoms with Gasteiger partial charge < -0.3 is 24.7 Å². The van der Waals surface area contributed by atoms with E-state index in [1.165, 1.54) is 29.5 Å². The van der Waals surface area contributed by atoms with Crippen molar-refractivity contribution in [1.82, 2.24) is 24.5 Å². The van der Waals surface area contributed by atoms with Gasteiger partial charge in [0.2, 0.25) is 0 Å². The van der Waals surface area contributed by atoms with Gasteiger partial charge in [0.05, 0.1) is 27.3 Å². The Kier molecular flexibility index (Phi) is 14.0. The lowest BCUT2D eigenvalue weighted by atomic mass is 9.59. The van der Waals surface area contributed by atoms with Crippen molar-refractivity contribution in [2.45, 2.75) is 87.5 Å². The zero-order chi connectivity index (χ0) is 51.1. The number of piperidine rings is 1. The van der Waals surface area contributed by atoms with E-state index < -0.39 is 48.5 Å². The van der Waals surface area contributed by atoms with Gasteiger partial charge in [-0.25, -0.2) is 31.3 Å². The fraction of sp³-hybridized carbons (Fsp3) is 0.407. The van der Waals surface area contributed by atoms with Gasteiger partial charge in [0, 0.05) is 113 Å². The molecule has 1 atom stereocenters. The third-order valence-corrected chi connectivity index (χ3v) is 16.7. The van der Waals surface area contributed by atoms with Crippen molar-refractivity contribution in [2.24, 2.45) is 5.41 Å². The molecule has 0 radical (unpaired) electrons. The highest BCUT2D eigenvalue weighted by Gasteiger charge is 2.50. The molecule has 1 saturated carbocycles. The highest BCUT2D eigenvalue weighted by molar-refractivity contribution is 7.90. The number of benzene rings is 4. The predicted molar refractivity (Wildman–Crippen MR) is 271 cm³/mol. The van der Waals surface area contributed by atoms with E-state index in [1.54, 1.807) is 24.4 Å². The molecule has 15 nitrogen and oxygen atoms in total. The lowest BCUT2D eigenvalue weighted by molar-refractivity contribution is -0.384. The van der Waals surface area contributed by atoms with Crippen molar-refractivity contribution < 1.29 is 40.8 Å². The van der Waals surface area contributed by atoms with Crippen molar-refractivity contribution >= 4 is 44.0 Å². The van der Waals surface area contributed by atoms with Crippen LogP contribution in [0.5, 0.6) is 11.5 Å². The monoisotopic (exact) mass is 1020 g/mol. The largest absolute Gasteiger partial charge is 0.455 e. The van der Waals surface area contributed by atoms with Crippen LogP contribution in [-0.2, 0) is 21.3 Å². The first-order valence-corrected chi connectivity index (χ1v) is 26.4. The molecule has 19 heteroatoms. The number of piperazine rings is 1. The summed E-state index contributed by atoms with van der Waals surface area (Å²) in [5.74, 6) is -1.79. The molecule has 384 valence electrons. The average Bonchev–Trinajstić information content (AvgIpc) is 3.84. The van der Waals surface area contributed by atoms with Crippen LogP contribution in [0.4, 0.5) is 30.2 Å². The van der Waals surface area contributed by atoms with Gasteiger partial charge in [-0.05, 0) is 84.5 Å². The zero-order valence-electron chi connectivity index (χ0n) is 40.8. The lowest BCUT2D eigenvalue weighted by Gasteiger charge is -2.58. The fourth-order valence-corrected chi connectivity index (χ4v) is 12.2. The summed E-state index contributed by atoms with van der Waals surface area (Å²) in [5.41, 5.74) is 1.27. The van der Waals surface area contributed by atoms with Gasteiger partial charge in [-0.1, -0.05) is 56.3 Å². The van der Waals surface area contributed by atoms with Gasteiger partial charge in [-0.2, -0.15) is 0 Å². The third-order valence-electron chi connectivity index (χ3n) is 15.4. The fourth-order valence-electron chi connectivity index (χ4n) is 11.3. The minimum absolute atomic E-state index is 0.0543. The van der Waals surface area contributed by atoms with Crippen molar-refractivity contribution in [3.63, 3.8) is 0 Å². The van der Waals surface area contributed by atoms with Crippen LogP contribution in [0, 0.1) is 27.2 Å². The van der Waals surface area contributed by atoms with E-state index in [2.05, 4.69) is 63.2 Å². The first-order valence-electron chi connectivity index (χ1n) is 24.9. The van der Waals surface area contributed by atoms with E-state index in [4.69, 9.17) is 9.47 Å². The number of carbonyl (C=O) groups is 1. The number of rotatable bonds is 15. The number of carbonyl (C=O) groups excluding carboxylic acids is 1. The van der Waals surface area contributed by atoms with Crippen LogP contribution in [0.1, 0.15) is 91.4 Å². The Bertz CT molecular complexity index is 3130. The van der Waals surface area contributed by atoms with Crippen molar-refractivity contribution in [2.75, 3.05) is 62.7 Å². The molecule has 0 bridgehead atoms. The number of amides is 1. The highest BCUT2D eigenvalue weighted by atomic mass is 32.2. The number of nitro benzene ring substituents is 1. The minimum atomic E-state index is -4.79. The standard InChI is InChI=1S/C54H59F3N8O7S/c1-35(2)41-8-4-5-9-42(41)49-33-62(32-37-7-3-6-10-44(37)55)21-22-64(49)38-29-53(30-38)14-19-63(20-15-53)47-28-50(72-39-25-36-13-18-58-51(36)59-31-39)43(27-45(47)56)52(66)61-73(69,70)40-11-12-46(48(26-40)65(67)68)60-34-54(57)16-23-71-24-17-54/h3-13,18,25-28,31,35,38,49,60H,14-17,19-24,29-30,32-34H2,1-2H3,(H,58,59)(H,61,66)/t49-/m0/s1. The number of halogens is 3. The number of H-pyrrole nitrogens is 1. The molecule has 1 spiro atoms. The van der Waals surface area contributed by atoms with Gasteiger partial charge in [-0.3, -0.25) is 24.7 Å². The van der Waals surface area contributed by atoms with Gasteiger partial charge in [0.15, 0.2) is 0 Å². The second kappa shape index (κ2) is 20.4. The number of nitrogens with zero attached hydrogens (tertiary/aromatic N) is 5. The highest BCUT2D eigenvalue weighted by Crippen LogP contribution is 2.54. The molecule has 4 fully saturated rings. The SMILES string of the molecule is CC(C)c1ccccc1[C@@H]1CN(Cc2ccccc2F)CCN1C1CC2(CCN(c3cc(Oc4cnc5[nH]ccc5c4)c(C(=O)NS(=O)(=O)c4ccc(NCC5(F)CCOCC5)c([N+](=O)[O-])c4)cc3F)CC2)C1. The number of alkyl halides is 1. The normalized spacial score (nSPS) is 19.5. The summed E-state index contributed by atoms with van der Waals surface area (Å²) in [6.07, 6.45) is 6.89. The van der Waals surface area contributed by atoms with E-state index >= 15 is 8.78 Å². The quantitative estimate of drug-likeness (QED) is 0.0657. The molecule has 10 rings (SSSR count). The predicted octanol–water partition coefficient (Wildman–Crippen LogP) is 10.0. The van der Waals surface area contributed by atoms with E-state index in [-0.39, 0.29) is 72.7 Å². The number of pyridine rings is 1. The number of nitrogens with one attached hydrogen (secondary N) is 3. The van der Waals surface area contributed by atoms with Crippen LogP contribution in [0.3, 0.4) is 0 Å². The Morgan fingerprint density at radius 1 is 0.945 bits per heavy atom. The second-order valence-electron chi connectivity index (χ2n) is 20.4. The minimum Gasteiger partial charge on any atom is -0.455 e. The summed E-state index contributed by atoms with van der Waals surface area (Å²) >= 11 is 0. The van der Waals surface area contributed by atoms with Crippen molar-refractivity contribution in [3.8, 4) is 11.5 Å².